The Morgan fingerprint density at radius 2 is 1.23 bits per heavy atom. The van der Waals surface area contributed by atoms with Crippen LogP contribution in [0.1, 0.15) is 25.7 Å². The summed E-state index contributed by atoms with van der Waals surface area (Å²) in [7, 11) is 8.59. The minimum absolute atomic E-state index is 0.235. The second-order valence-corrected chi connectivity index (χ2v) is 11.2. The number of hydrogen-bond donors (Lipinski definition) is 1. The lowest BCUT2D eigenvalue weighted by molar-refractivity contribution is 0.0699. The Morgan fingerprint density at radius 1 is 0.705 bits per heavy atom. The maximum absolute atomic E-state index is 5.68. The van der Waals surface area contributed by atoms with Crippen molar-refractivity contribution in [1.29, 1.82) is 0 Å². The van der Waals surface area contributed by atoms with Crippen LogP contribution in [0.3, 0.4) is 0 Å². The Labute approximate surface area is 261 Å². The van der Waals surface area contributed by atoms with Crippen LogP contribution in [0.4, 0.5) is 23.5 Å². The van der Waals surface area contributed by atoms with E-state index in [1.807, 2.05) is 0 Å². The third-order valence-electron chi connectivity index (χ3n) is 8.30. The molecule has 14 nitrogen and oxygen atoms in total. The number of fused-ring (bicyclic) bond motifs is 1. The number of aromatic nitrogens is 4. The van der Waals surface area contributed by atoms with Crippen molar-refractivity contribution in [3.8, 4) is 0 Å². The molecule has 2 fully saturated rings. The van der Waals surface area contributed by atoms with E-state index in [4.69, 9.17) is 48.4 Å². The van der Waals surface area contributed by atoms with Crippen molar-refractivity contribution in [2.75, 3.05) is 141 Å². The van der Waals surface area contributed by atoms with Gasteiger partial charge in [0.2, 0.25) is 11.9 Å². The second-order valence-electron chi connectivity index (χ2n) is 11.2. The van der Waals surface area contributed by atoms with Crippen LogP contribution in [0.15, 0.2) is 0 Å². The molecule has 0 atom stereocenters. The molecule has 4 heterocycles. The van der Waals surface area contributed by atoms with Crippen molar-refractivity contribution in [1.82, 2.24) is 19.9 Å². The van der Waals surface area contributed by atoms with Gasteiger partial charge in [-0.05, 0) is 31.6 Å². The number of nitrogens with one attached hydrogen (secondary N) is 1. The average Bonchev–Trinajstić information content (AvgIpc) is 3.07. The van der Waals surface area contributed by atoms with Gasteiger partial charge in [-0.25, -0.2) is 9.97 Å². The first-order valence-electron chi connectivity index (χ1n) is 15.8. The molecule has 248 valence electrons. The summed E-state index contributed by atoms with van der Waals surface area (Å²) in [5, 5.41) is 3.67. The fourth-order valence-corrected chi connectivity index (χ4v) is 5.53. The molecule has 44 heavy (non-hydrogen) atoms. The summed E-state index contributed by atoms with van der Waals surface area (Å²) in [6.45, 7) is 8.62. The molecule has 2 aliphatic rings. The quantitative estimate of drug-likeness (QED) is 0.246. The molecule has 0 aromatic carbocycles. The topological polar surface area (TPSA) is 129 Å². The first kappa shape index (κ1) is 34.3. The van der Waals surface area contributed by atoms with E-state index in [9.17, 15) is 0 Å². The maximum atomic E-state index is 5.68. The highest BCUT2D eigenvalue weighted by Crippen LogP contribution is 2.33. The maximum Gasteiger partial charge on any atom is 0.228 e. The van der Waals surface area contributed by atoms with Crippen molar-refractivity contribution in [3.05, 3.63) is 0 Å². The molecule has 1 N–H and O–H groups in total. The Morgan fingerprint density at radius 3 is 1.75 bits per heavy atom. The van der Waals surface area contributed by atoms with E-state index in [0.29, 0.717) is 81.8 Å². The smallest absolute Gasteiger partial charge is 0.228 e. The van der Waals surface area contributed by atoms with E-state index >= 15 is 0 Å². The Bertz CT molecular complexity index is 1100. The third-order valence-corrected chi connectivity index (χ3v) is 8.30. The van der Waals surface area contributed by atoms with E-state index < -0.39 is 0 Å². The van der Waals surface area contributed by atoms with Crippen LogP contribution in [0.25, 0.3) is 11.0 Å². The van der Waals surface area contributed by atoms with Gasteiger partial charge in [0.1, 0.15) is 11.0 Å². The molecule has 0 unspecified atom stereocenters. The summed E-state index contributed by atoms with van der Waals surface area (Å²) in [5.41, 5.74) is 1.43. The summed E-state index contributed by atoms with van der Waals surface area (Å²) >= 11 is 0. The van der Waals surface area contributed by atoms with Crippen molar-refractivity contribution < 1.29 is 28.4 Å². The lowest BCUT2D eigenvalue weighted by atomic mass is 10.0. The van der Waals surface area contributed by atoms with Gasteiger partial charge in [-0.2, -0.15) is 9.97 Å². The van der Waals surface area contributed by atoms with Gasteiger partial charge in [0, 0.05) is 94.6 Å². The summed E-state index contributed by atoms with van der Waals surface area (Å²) in [6.07, 6.45) is 4.08. The van der Waals surface area contributed by atoms with Crippen molar-refractivity contribution in [2.24, 2.45) is 5.92 Å². The van der Waals surface area contributed by atoms with Gasteiger partial charge in [0.15, 0.2) is 11.6 Å². The fraction of sp³-hybridized carbons (Fsp3) is 0.800. The van der Waals surface area contributed by atoms with Gasteiger partial charge in [-0.1, -0.05) is 0 Å². The number of ether oxygens (including phenoxy) is 6. The zero-order valence-electron chi connectivity index (χ0n) is 27.3. The Balaban J connectivity index is 1.84. The van der Waals surface area contributed by atoms with Gasteiger partial charge >= 0.3 is 0 Å². The molecule has 14 heteroatoms. The van der Waals surface area contributed by atoms with Gasteiger partial charge in [-0.3, -0.25) is 0 Å². The van der Waals surface area contributed by atoms with Crippen molar-refractivity contribution in [3.63, 3.8) is 0 Å². The largest absolute Gasteiger partial charge is 0.383 e. The van der Waals surface area contributed by atoms with Crippen LogP contribution in [0.5, 0.6) is 0 Å². The molecule has 0 spiro atoms. The van der Waals surface area contributed by atoms with E-state index in [1.165, 1.54) is 0 Å². The first-order chi connectivity index (χ1) is 21.6. The van der Waals surface area contributed by atoms with Crippen LogP contribution in [-0.4, -0.2) is 147 Å². The van der Waals surface area contributed by atoms with Crippen LogP contribution in [0.2, 0.25) is 0 Å². The van der Waals surface area contributed by atoms with E-state index in [2.05, 4.69) is 20.0 Å². The highest BCUT2D eigenvalue weighted by atomic mass is 16.5. The highest BCUT2D eigenvalue weighted by Gasteiger charge is 2.27. The number of nitrogens with zero attached hydrogens (tertiary/aromatic N) is 7. The zero-order valence-corrected chi connectivity index (χ0v) is 27.3. The van der Waals surface area contributed by atoms with Crippen molar-refractivity contribution >= 4 is 34.6 Å². The third kappa shape index (κ3) is 9.44. The number of anilines is 4. The lowest BCUT2D eigenvalue weighted by Crippen LogP contribution is -2.38. The molecular formula is C30H52N8O6. The van der Waals surface area contributed by atoms with Crippen LogP contribution in [-0.2, 0) is 28.4 Å². The van der Waals surface area contributed by atoms with E-state index in [-0.39, 0.29) is 6.10 Å². The molecule has 0 bridgehead atoms. The summed E-state index contributed by atoms with van der Waals surface area (Å²) in [6, 6.07) is 0. The lowest BCUT2D eigenvalue weighted by Gasteiger charge is -2.33. The molecular weight excluding hydrogens is 568 g/mol. The van der Waals surface area contributed by atoms with Crippen molar-refractivity contribution in [2.45, 2.75) is 31.8 Å². The summed E-state index contributed by atoms with van der Waals surface area (Å²) in [4.78, 5) is 27.1. The summed E-state index contributed by atoms with van der Waals surface area (Å²) < 4.78 is 33.0. The minimum atomic E-state index is 0.235. The molecule has 2 saturated heterocycles. The highest BCUT2D eigenvalue weighted by molar-refractivity contribution is 5.95. The second kappa shape index (κ2) is 18.4. The van der Waals surface area contributed by atoms with Gasteiger partial charge in [0.25, 0.3) is 0 Å². The molecule has 0 amide bonds. The summed E-state index contributed by atoms with van der Waals surface area (Å²) in [5.74, 6) is 3.20. The normalized spacial score (nSPS) is 16.5. The molecule has 4 rings (SSSR count). The number of hydrogen-bond acceptors (Lipinski definition) is 14. The van der Waals surface area contributed by atoms with E-state index in [1.54, 1.807) is 35.5 Å². The van der Waals surface area contributed by atoms with Crippen LogP contribution >= 0.6 is 0 Å². The van der Waals surface area contributed by atoms with Gasteiger partial charge < -0.3 is 48.4 Å². The predicted octanol–water partition coefficient (Wildman–Crippen LogP) is 2.07. The number of rotatable bonds is 19. The Kier molecular flexibility index (Phi) is 14.3. The molecule has 0 aliphatic carbocycles. The first-order valence-corrected chi connectivity index (χ1v) is 15.8. The fourth-order valence-electron chi connectivity index (χ4n) is 5.53. The minimum Gasteiger partial charge on any atom is -0.383 e. The monoisotopic (exact) mass is 620 g/mol. The van der Waals surface area contributed by atoms with Gasteiger partial charge in [-0.15, -0.1) is 0 Å². The standard InChI is InChI=1S/C30H52N8O6/c1-39-18-12-37(13-19-40-2)29-33-26-25(27(34-29)31-22-23-8-16-44-17-9-23)32-30(38(14-20-41-3)15-21-42-4)35-28(26)36-10-6-24(43-5)7-11-36/h23-24H,6-22H2,1-5H3,(H,31,33,34). The molecule has 2 aromatic heterocycles. The molecule has 0 radical (unpaired) electrons. The predicted molar refractivity (Wildman–Crippen MR) is 171 cm³/mol. The SMILES string of the molecule is COCCN(CCOC)c1nc(N2CCC(OC)CC2)c2nc(N(CCOC)CCOC)nc(NCC3CCOCC3)c2n1. The van der Waals surface area contributed by atoms with Crippen LogP contribution < -0.4 is 20.0 Å². The molecule has 2 aliphatic heterocycles. The zero-order chi connectivity index (χ0) is 31.1. The number of piperidine rings is 1. The Hall–Kier alpha value is -2.62. The number of methoxy groups -OCH3 is 5. The van der Waals surface area contributed by atoms with Gasteiger partial charge in [0.05, 0.1) is 32.5 Å². The molecule has 2 aromatic rings. The van der Waals surface area contributed by atoms with Crippen LogP contribution in [0, 0.1) is 5.92 Å². The average molecular weight is 621 g/mol. The van der Waals surface area contributed by atoms with E-state index in [0.717, 1.165) is 69.9 Å². The molecule has 0 saturated carbocycles.